The fourth-order valence-electron chi connectivity index (χ4n) is 4.18. The van der Waals surface area contributed by atoms with Crippen LogP contribution in [0.4, 0.5) is 0 Å². The predicted octanol–water partition coefficient (Wildman–Crippen LogP) is 3.55. The van der Waals surface area contributed by atoms with E-state index in [4.69, 9.17) is 9.47 Å². The van der Waals surface area contributed by atoms with Crippen LogP contribution in [0.2, 0.25) is 0 Å². The standard InChI is InChI=1S/C23H25N3O3/c27-23(22-2-1-13-28-22)25-11-9-21(10-12-25)29-20-7-4-17(5-8-20)18-3-6-19-14-24-16-26(19)15-18/h3-8,14-16,21-22H,1-2,9-13H2. The molecule has 6 nitrogen and oxygen atoms in total. The van der Waals surface area contributed by atoms with Gasteiger partial charge in [-0.2, -0.15) is 0 Å². The Morgan fingerprint density at radius 1 is 1.03 bits per heavy atom. The fourth-order valence-corrected chi connectivity index (χ4v) is 4.18. The third-order valence-electron chi connectivity index (χ3n) is 5.86. The lowest BCUT2D eigenvalue weighted by atomic mass is 10.1. The molecule has 2 aliphatic heterocycles. The van der Waals surface area contributed by atoms with Crippen molar-refractivity contribution in [3.05, 3.63) is 55.1 Å². The van der Waals surface area contributed by atoms with Gasteiger partial charge in [0.25, 0.3) is 5.91 Å². The van der Waals surface area contributed by atoms with E-state index in [0.29, 0.717) is 6.61 Å². The number of imidazole rings is 1. The molecular weight excluding hydrogens is 366 g/mol. The van der Waals surface area contributed by atoms with Gasteiger partial charge in [0, 0.05) is 38.7 Å². The molecule has 2 fully saturated rings. The number of carbonyl (C=O) groups excluding carboxylic acids is 1. The normalized spacial score (nSPS) is 20.3. The van der Waals surface area contributed by atoms with E-state index in [0.717, 1.165) is 61.2 Å². The van der Waals surface area contributed by atoms with Crippen LogP contribution in [-0.4, -0.2) is 52.1 Å². The summed E-state index contributed by atoms with van der Waals surface area (Å²) in [6.45, 7) is 2.20. The number of hydrogen-bond donors (Lipinski definition) is 0. The minimum absolute atomic E-state index is 0.150. The molecule has 1 amide bonds. The molecule has 0 radical (unpaired) electrons. The molecule has 0 aliphatic carbocycles. The lowest BCUT2D eigenvalue weighted by Gasteiger charge is -2.33. The molecule has 2 aromatic heterocycles. The maximum atomic E-state index is 12.5. The number of fused-ring (bicyclic) bond motifs is 1. The second kappa shape index (κ2) is 7.87. The number of nitrogens with zero attached hydrogens (tertiary/aromatic N) is 3. The van der Waals surface area contributed by atoms with Gasteiger partial charge in [0.2, 0.25) is 0 Å². The molecule has 0 bridgehead atoms. The van der Waals surface area contributed by atoms with Crippen LogP contribution in [0.3, 0.4) is 0 Å². The molecule has 0 N–H and O–H groups in total. The summed E-state index contributed by atoms with van der Waals surface area (Å²) in [5.74, 6) is 1.03. The maximum absolute atomic E-state index is 12.5. The highest BCUT2D eigenvalue weighted by atomic mass is 16.5. The summed E-state index contributed by atoms with van der Waals surface area (Å²) < 4.78 is 13.7. The number of carbonyl (C=O) groups is 1. The molecule has 29 heavy (non-hydrogen) atoms. The molecule has 150 valence electrons. The summed E-state index contributed by atoms with van der Waals surface area (Å²) in [5, 5.41) is 0. The zero-order valence-corrected chi connectivity index (χ0v) is 16.4. The van der Waals surface area contributed by atoms with Crippen LogP contribution < -0.4 is 4.74 Å². The molecule has 1 aromatic carbocycles. The summed E-state index contributed by atoms with van der Waals surface area (Å²) in [4.78, 5) is 18.6. The molecule has 6 heteroatoms. The Morgan fingerprint density at radius 2 is 1.83 bits per heavy atom. The second-order valence-corrected chi connectivity index (χ2v) is 7.81. The Bertz CT molecular complexity index is 984. The summed E-state index contributed by atoms with van der Waals surface area (Å²) in [5.41, 5.74) is 3.37. The van der Waals surface area contributed by atoms with Crippen molar-refractivity contribution in [3.8, 4) is 16.9 Å². The monoisotopic (exact) mass is 391 g/mol. The average Bonchev–Trinajstić information content (AvgIpc) is 3.46. The van der Waals surface area contributed by atoms with Crippen molar-refractivity contribution in [1.82, 2.24) is 14.3 Å². The van der Waals surface area contributed by atoms with E-state index in [1.807, 2.05) is 34.0 Å². The number of pyridine rings is 1. The van der Waals surface area contributed by atoms with Gasteiger partial charge < -0.3 is 18.8 Å². The molecule has 2 aliphatic rings. The lowest BCUT2D eigenvalue weighted by molar-refractivity contribution is -0.142. The highest BCUT2D eigenvalue weighted by Gasteiger charge is 2.31. The van der Waals surface area contributed by atoms with Crippen molar-refractivity contribution in [2.75, 3.05) is 19.7 Å². The molecule has 1 atom stereocenters. The number of amides is 1. The van der Waals surface area contributed by atoms with Gasteiger partial charge in [-0.1, -0.05) is 18.2 Å². The summed E-state index contributed by atoms with van der Waals surface area (Å²) >= 11 is 0. The Labute approximate surface area is 170 Å². The zero-order chi connectivity index (χ0) is 19.6. The van der Waals surface area contributed by atoms with Crippen LogP contribution in [0.25, 0.3) is 16.6 Å². The van der Waals surface area contributed by atoms with E-state index >= 15 is 0 Å². The van der Waals surface area contributed by atoms with Gasteiger partial charge in [-0.3, -0.25) is 4.79 Å². The van der Waals surface area contributed by atoms with Crippen molar-refractivity contribution in [2.24, 2.45) is 0 Å². The number of piperidine rings is 1. The average molecular weight is 391 g/mol. The largest absolute Gasteiger partial charge is 0.490 e. The molecule has 0 spiro atoms. The van der Waals surface area contributed by atoms with Crippen molar-refractivity contribution in [3.63, 3.8) is 0 Å². The zero-order valence-electron chi connectivity index (χ0n) is 16.4. The van der Waals surface area contributed by atoms with E-state index in [-0.39, 0.29) is 18.1 Å². The van der Waals surface area contributed by atoms with Gasteiger partial charge in [0.05, 0.1) is 18.0 Å². The molecule has 1 unspecified atom stereocenters. The first-order chi connectivity index (χ1) is 14.3. The van der Waals surface area contributed by atoms with Crippen LogP contribution in [0.1, 0.15) is 25.7 Å². The Hall–Kier alpha value is -2.86. The topological polar surface area (TPSA) is 56.1 Å². The van der Waals surface area contributed by atoms with Crippen molar-refractivity contribution in [1.29, 1.82) is 0 Å². The number of likely N-dealkylation sites (tertiary alicyclic amines) is 1. The Morgan fingerprint density at radius 3 is 2.59 bits per heavy atom. The first-order valence-electron chi connectivity index (χ1n) is 10.4. The van der Waals surface area contributed by atoms with Crippen LogP contribution >= 0.6 is 0 Å². The summed E-state index contributed by atoms with van der Waals surface area (Å²) in [6, 6.07) is 12.4. The number of aromatic nitrogens is 2. The maximum Gasteiger partial charge on any atom is 0.251 e. The van der Waals surface area contributed by atoms with Crippen molar-refractivity contribution >= 4 is 11.4 Å². The molecule has 5 rings (SSSR count). The minimum atomic E-state index is -0.221. The first-order valence-corrected chi connectivity index (χ1v) is 10.4. The number of hydrogen-bond acceptors (Lipinski definition) is 4. The van der Waals surface area contributed by atoms with Crippen LogP contribution in [0.5, 0.6) is 5.75 Å². The molecule has 2 saturated heterocycles. The second-order valence-electron chi connectivity index (χ2n) is 7.81. The SMILES string of the molecule is O=C(C1CCCO1)N1CCC(Oc2ccc(-c3ccc4cncn4c3)cc2)CC1. The lowest BCUT2D eigenvalue weighted by Crippen LogP contribution is -2.45. The van der Waals surface area contributed by atoms with Crippen molar-refractivity contribution < 1.29 is 14.3 Å². The van der Waals surface area contributed by atoms with Gasteiger partial charge in [-0.05, 0) is 42.2 Å². The number of rotatable bonds is 4. The van der Waals surface area contributed by atoms with Crippen LogP contribution in [0, 0.1) is 0 Å². The highest BCUT2D eigenvalue weighted by molar-refractivity contribution is 5.81. The smallest absolute Gasteiger partial charge is 0.251 e. The Kier molecular flexibility index (Phi) is 4.94. The molecule has 4 heterocycles. The third kappa shape index (κ3) is 3.85. The van der Waals surface area contributed by atoms with Crippen LogP contribution in [0.15, 0.2) is 55.1 Å². The minimum Gasteiger partial charge on any atom is -0.490 e. The third-order valence-corrected chi connectivity index (χ3v) is 5.86. The van der Waals surface area contributed by atoms with Crippen molar-refractivity contribution in [2.45, 2.75) is 37.9 Å². The fraction of sp³-hybridized carbons (Fsp3) is 0.391. The first kappa shape index (κ1) is 18.2. The van der Waals surface area contributed by atoms with Gasteiger partial charge in [-0.25, -0.2) is 4.98 Å². The number of ether oxygens (including phenoxy) is 2. The number of benzene rings is 1. The van der Waals surface area contributed by atoms with E-state index < -0.39 is 0 Å². The molecule has 0 saturated carbocycles. The highest BCUT2D eigenvalue weighted by Crippen LogP contribution is 2.26. The molecular formula is C23H25N3O3. The van der Waals surface area contributed by atoms with Gasteiger partial charge >= 0.3 is 0 Å². The quantitative estimate of drug-likeness (QED) is 0.683. The van der Waals surface area contributed by atoms with E-state index in [1.165, 1.54) is 0 Å². The van der Waals surface area contributed by atoms with Gasteiger partial charge in [0.15, 0.2) is 0 Å². The van der Waals surface area contributed by atoms with Crippen LogP contribution in [-0.2, 0) is 9.53 Å². The Balaban J connectivity index is 1.18. The van der Waals surface area contributed by atoms with E-state index in [1.54, 1.807) is 0 Å². The summed E-state index contributed by atoms with van der Waals surface area (Å²) in [7, 11) is 0. The summed E-state index contributed by atoms with van der Waals surface area (Å²) in [6.07, 6.45) is 9.23. The molecule has 3 aromatic rings. The van der Waals surface area contributed by atoms with Gasteiger partial charge in [0.1, 0.15) is 18.0 Å². The van der Waals surface area contributed by atoms with Gasteiger partial charge in [-0.15, -0.1) is 0 Å². The van der Waals surface area contributed by atoms with E-state index in [2.05, 4.69) is 35.4 Å². The van der Waals surface area contributed by atoms with E-state index in [9.17, 15) is 4.79 Å². The predicted molar refractivity (Wildman–Crippen MR) is 110 cm³/mol.